The summed E-state index contributed by atoms with van der Waals surface area (Å²) < 4.78 is 31.0. The lowest BCUT2D eigenvalue weighted by atomic mass is 10.2. The minimum Gasteiger partial charge on any atom is -0.465 e. The van der Waals surface area contributed by atoms with Gasteiger partial charge in [0.25, 0.3) is 0 Å². The van der Waals surface area contributed by atoms with Crippen molar-refractivity contribution < 1.29 is 18.3 Å². The average Bonchev–Trinajstić information content (AvgIpc) is 2.31. The number of halogens is 2. The molecule has 0 aliphatic carbocycles. The lowest BCUT2D eigenvalue weighted by molar-refractivity contribution is -0.144. The van der Waals surface area contributed by atoms with Crippen LogP contribution in [0.25, 0.3) is 0 Å². The standard InChI is InChI=1S/C13H17F2NO2/c1-3-16(9-13(17)18-4-2)8-10-5-6-11(14)7-12(10)15/h5-7H,3-4,8-9H2,1-2H3. The van der Waals surface area contributed by atoms with Crippen molar-refractivity contribution in [3.05, 3.63) is 35.4 Å². The molecule has 0 saturated heterocycles. The van der Waals surface area contributed by atoms with E-state index in [1.165, 1.54) is 12.1 Å². The molecule has 1 aromatic rings. The predicted molar refractivity (Wildman–Crippen MR) is 63.9 cm³/mol. The fourth-order valence-electron chi connectivity index (χ4n) is 1.56. The Morgan fingerprint density at radius 2 is 2.06 bits per heavy atom. The first-order valence-electron chi connectivity index (χ1n) is 5.88. The Morgan fingerprint density at radius 1 is 1.33 bits per heavy atom. The van der Waals surface area contributed by atoms with Crippen LogP contribution >= 0.6 is 0 Å². The highest BCUT2D eigenvalue weighted by Gasteiger charge is 2.12. The SMILES string of the molecule is CCOC(=O)CN(CC)Cc1ccc(F)cc1F. The normalized spacial score (nSPS) is 10.7. The van der Waals surface area contributed by atoms with E-state index in [1.54, 1.807) is 11.8 Å². The number of hydrogen-bond acceptors (Lipinski definition) is 3. The maximum atomic E-state index is 13.4. The second-order valence-corrected chi connectivity index (χ2v) is 3.84. The zero-order chi connectivity index (χ0) is 13.5. The fraction of sp³-hybridized carbons (Fsp3) is 0.462. The first-order valence-corrected chi connectivity index (χ1v) is 5.88. The average molecular weight is 257 g/mol. The van der Waals surface area contributed by atoms with Gasteiger partial charge in [-0.05, 0) is 19.5 Å². The molecule has 3 nitrogen and oxygen atoms in total. The molecule has 1 aromatic carbocycles. The van der Waals surface area contributed by atoms with Gasteiger partial charge in [-0.2, -0.15) is 0 Å². The molecule has 0 heterocycles. The molecule has 100 valence electrons. The summed E-state index contributed by atoms with van der Waals surface area (Å²) in [6, 6.07) is 3.43. The van der Waals surface area contributed by atoms with Gasteiger partial charge in [-0.15, -0.1) is 0 Å². The molecule has 0 N–H and O–H groups in total. The Bertz CT molecular complexity index is 410. The topological polar surface area (TPSA) is 29.5 Å². The van der Waals surface area contributed by atoms with Crippen molar-refractivity contribution in [2.45, 2.75) is 20.4 Å². The van der Waals surface area contributed by atoms with Crippen LogP contribution in [-0.2, 0) is 16.1 Å². The van der Waals surface area contributed by atoms with Crippen LogP contribution in [0.5, 0.6) is 0 Å². The molecule has 1 rings (SSSR count). The molecule has 0 fully saturated rings. The summed E-state index contributed by atoms with van der Waals surface area (Å²) in [4.78, 5) is 13.1. The molecule has 5 heteroatoms. The van der Waals surface area contributed by atoms with Gasteiger partial charge >= 0.3 is 5.97 Å². The third kappa shape index (κ3) is 4.41. The maximum Gasteiger partial charge on any atom is 0.320 e. The van der Waals surface area contributed by atoms with Crippen molar-refractivity contribution in [3.63, 3.8) is 0 Å². The molecule has 0 aromatic heterocycles. The van der Waals surface area contributed by atoms with Gasteiger partial charge in [0.2, 0.25) is 0 Å². The van der Waals surface area contributed by atoms with E-state index in [0.717, 1.165) is 6.07 Å². The molecule has 0 aliphatic heterocycles. The van der Waals surface area contributed by atoms with Gasteiger partial charge in [-0.25, -0.2) is 8.78 Å². The van der Waals surface area contributed by atoms with Gasteiger partial charge in [-0.1, -0.05) is 13.0 Å². The second-order valence-electron chi connectivity index (χ2n) is 3.84. The van der Waals surface area contributed by atoms with Crippen molar-refractivity contribution in [1.29, 1.82) is 0 Å². The number of carbonyl (C=O) groups excluding carboxylic acids is 1. The van der Waals surface area contributed by atoms with Gasteiger partial charge in [0.1, 0.15) is 11.6 Å². The predicted octanol–water partition coefficient (Wildman–Crippen LogP) is 2.35. The lowest BCUT2D eigenvalue weighted by Gasteiger charge is -2.19. The van der Waals surface area contributed by atoms with Crippen LogP contribution in [0.2, 0.25) is 0 Å². The van der Waals surface area contributed by atoms with Gasteiger partial charge in [0, 0.05) is 18.2 Å². The summed E-state index contributed by atoms with van der Waals surface area (Å²) >= 11 is 0. The van der Waals surface area contributed by atoms with Crippen LogP contribution < -0.4 is 0 Å². The number of likely N-dealkylation sites (N-methyl/N-ethyl adjacent to an activating group) is 1. The van der Waals surface area contributed by atoms with E-state index >= 15 is 0 Å². The molecule has 0 radical (unpaired) electrons. The van der Waals surface area contributed by atoms with E-state index in [4.69, 9.17) is 4.74 Å². The zero-order valence-electron chi connectivity index (χ0n) is 10.6. The van der Waals surface area contributed by atoms with Crippen molar-refractivity contribution in [1.82, 2.24) is 4.90 Å². The summed E-state index contributed by atoms with van der Waals surface area (Å²) in [7, 11) is 0. The van der Waals surface area contributed by atoms with Crippen molar-refractivity contribution in [2.24, 2.45) is 0 Å². The van der Waals surface area contributed by atoms with E-state index in [2.05, 4.69) is 0 Å². The molecule has 0 spiro atoms. The Kier molecular flexibility index (Phi) is 5.71. The Balaban J connectivity index is 2.65. The zero-order valence-corrected chi connectivity index (χ0v) is 10.6. The van der Waals surface area contributed by atoms with Crippen LogP contribution in [0.15, 0.2) is 18.2 Å². The third-order valence-corrected chi connectivity index (χ3v) is 2.51. The monoisotopic (exact) mass is 257 g/mol. The molecule has 0 bridgehead atoms. The van der Waals surface area contributed by atoms with E-state index in [0.29, 0.717) is 18.7 Å². The second kappa shape index (κ2) is 7.06. The number of esters is 1. The highest BCUT2D eigenvalue weighted by atomic mass is 19.1. The number of ether oxygens (including phenoxy) is 1. The smallest absolute Gasteiger partial charge is 0.320 e. The molecule has 0 aliphatic rings. The lowest BCUT2D eigenvalue weighted by Crippen LogP contribution is -2.30. The van der Waals surface area contributed by atoms with E-state index in [9.17, 15) is 13.6 Å². The molecule has 18 heavy (non-hydrogen) atoms. The minimum absolute atomic E-state index is 0.0984. The van der Waals surface area contributed by atoms with E-state index < -0.39 is 11.6 Å². The first kappa shape index (κ1) is 14.6. The van der Waals surface area contributed by atoms with Gasteiger partial charge < -0.3 is 4.74 Å². The molecular weight excluding hydrogens is 240 g/mol. The maximum absolute atomic E-state index is 13.4. The summed E-state index contributed by atoms with van der Waals surface area (Å²) in [6.45, 7) is 4.84. The number of nitrogens with zero attached hydrogens (tertiary/aromatic N) is 1. The van der Waals surface area contributed by atoms with Gasteiger partial charge in [0.05, 0.1) is 13.2 Å². The fourth-order valence-corrected chi connectivity index (χ4v) is 1.56. The quantitative estimate of drug-likeness (QED) is 0.733. The van der Waals surface area contributed by atoms with Crippen LogP contribution in [0, 0.1) is 11.6 Å². The Labute approximate surface area is 105 Å². The van der Waals surface area contributed by atoms with Crippen LogP contribution in [0.1, 0.15) is 19.4 Å². The summed E-state index contributed by atoms with van der Waals surface area (Å²) in [6.07, 6.45) is 0. The highest BCUT2D eigenvalue weighted by molar-refractivity contribution is 5.71. The van der Waals surface area contributed by atoms with Crippen molar-refractivity contribution in [2.75, 3.05) is 19.7 Å². The van der Waals surface area contributed by atoms with Gasteiger partial charge in [0.15, 0.2) is 0 Å². The number of carbonyl (C=O) groups is 1. The highest BCUT2D eigenvalue weighted by Crippen LogP contribution is 2.12. The summed E-state index contributed by atoms with van der Waals surface area (Å²) in [5.74, 6) is -1.55. The molecule has 0 amide bonds. The molecule has 0 unspecified atom stereocenters. The third-order valence-electron chi connectivity index (χ3n) is 2.51. The summed E-state index contributed by atoms with van der Waals surface area (Å²) in [5.41, 5.74) is 0.363. The van der Waals surface area contributed by atoms with Crippen molar-refractivity contribution >= 4 is 5.97 Å². The number of rotatable bonds is 6. The van der Waals surface area contributed by atoms with Crippen LogP contribution in [0.3, 0.4) is 0 Å². The molecule has 0 atom stereocenters. The molecular formula is C13H17F2NO2. The summed E-state index contributed by atoms with van der Waals surface area (Å²) in [5, 5.41) is 0. The largest absolute Gasteiger partial charge is 0.465 e. The van der Waals surface area contributed by atoms with Gasteiger partial charge in [-0.3, -0.25) is 9.69 Å². The van der Waals surface area contributed by atoms with E-state index in [1.807, 2.05) is 6.92 Å². The van der Waals surface area contributed by atoms with Crippen molar-refractivity contribution in [3.8, 4) is 0 Å². The Morgan fingerprint density at radius 3 is 2.61 bits per heavy atom. The van der Waals surface area contributed by atoms with Crippen LogP contribution in [0.4, 0.5) is 8.78 Å². The Hall–Kier alpha value is -1.49. The minimum atomic E-state index is -0.607. The number of hydrogen-bond donors (Lipinski definition) is 0. The molecule has 0 saturated carbocycles. The first-order chi connectivity index (χ1) is 8.56. The number of benzene rings is 1. The van der Waals surface area contributed by atoms with E-state index in [-0.39, 0.29) is 19.1 Å². The van der Waals surface area contributed by atoms with Crippen LogP contribution in [-0.4, -0.2) is 30.6 Å².